The summed E-state index contributed by atoms with van der Waals surface area (Å²) in [5.74, 6) is -0.851. The number of carbonyl (C=O) groups is 3. The van der Waals surface area contributed by atoms with Gasteiger partial charge in [-0.2, -0.15) is 0 Å². The Morgan fingerprint density at radius 1 is 1.05 bits per heavy atom. The van der Waals surface area contributed by atoms with Gasteiger partial charge in [0.15, 0.2) is 0 Å². The van der Waals surface area contributed by atoms with Crippen LogP contribution in [0.25, 0.3) is 0 Å². The van der Waals surface area contributed by atoms with Crippen molar-refractivity contribution in [2.45, 2.75) is 64.8 Å². The highest BCUT2D eigenvalue weighted by Crippen LogP contribution is 2.41. The summed E-state index contributed by atoms with van der Waals surface area (Å²) in [6, 6.07) is 5.68. The molecule has 1 N–H and O–H groups in total. The molecular formula is C30H48N4O5. The van der Waals surface area contributed by atoms with E-state index >= 15 is 0 Å². The Kier molecular flexibility index (Phi) is 11.6. The highest BCUT2D eigenvalue weighted by atomic mass is 16.5. The number of carbonyl (C=O) groups excluding carboxylic acids is 2. The summed E-state index contributed by atoms with van der Waals surface area (Å²) in [6.45, 7) is 10.3. The lowest BCUT2D eigenvalue weighted by Gasteiger charge is -2.31. The molecule has 0 aliphatic carbocycles. The summed E-state index contributed by atoms with van der Waals surface area (Å²) >= 11 is 0. The number of hydrogen-bond acceptors (Lipinski definition) is 6. The molecule has 3 rings (SSSR count). The predicted molar refractivity (Wildman–Crippen MR) is 152 cm³/mol. The molecule has 1 aromatic rings. The van der Waals surface area contributed by atoms with Gasteiger partial charge in [0.2, 0.25) is 11.8 Å². The molecule has 0 aromatic heterocycles. The van der Waals surface area contributed by atoms with E-state index in [1.165, 1.54) is 0 Å². The minimum atomic E-state index is -0.851. The number of carboxylic acids is 1. The molecule has 1 aromatic carbocycles. The second-order valence-corrected chi connectivity index (χ2v) is 11.2. The number of carboxylic acid groups (broad SMARTS) is 1. The van der Waals surface area contributed by atoms with Crippen LogP contribution in [0.15, 0.2) is 18.2 Å². The molecule has 0 spiro atoms. The maximum Gasteiger partial charge on any atom is 0.308 e. The minimum absolute atomic E-state index is 0.0215. The predicted octanol–water partition coefficient (Wildman–Crippen LogP) is 2.93. The third-order valence-electron chi connectivity index (χ3n) is 8.20. The minimum Gasteiger partial charge on any atom is -0.493 e. The topological polar surface area (TPSA) is 93.6 Å². The molecule has 9 heteroatoms. The quantitative estimate of drug-likeness (QED) is 0.363. The molecule has 0 radical (unpaired) electrons. The normalized spacial score (nSPS) is 20.6. The monoisotopic (exact) mass is 544 g/mol. The lowest BCUT2D eigenvalue weighted by atomic mass is 9.83. The molecule has 2 aliphatic rings. The molecule has 3 atom stereocenters. The number of benzene rings is 1. The first-order valence-electron chi connectivity index (χ1n) is 14.6. The van der Waals surface area contributed by atoms with Crippen molar-refractivity contribution < 1.29 is 24.2 Å². The van der Waals surface area contributed by atoms with Crippen LogP contribution in [0.2, 0.25) is 0 Å². The van der Waals surface area contributed by atoms with E-state index in [9.17, 15) is 19.5 Å². The van der Waals surface area contributed by atoms with Crippen molar-refractivity contribution >= 4 is 17.8 Å². The van der Waals surface area contributed by atoms with Gasteiger partial charge >= 0.3 is 5.97 Å². The van der Waals surface area contributed by atoms with Gasteiger partial charge in [0.05, 0.1) is 19.1 Å². The zero-order chi connectivity index (χ0) is 28.5. The van der Waals surface area contributed by atoms with Gasteiger partial charge in [-0.15, -0.1) is 0 Å². The highest BCUT2D eigenvalue weighted by molar-refractivity contribution is 5.79. The van der Waals surface area contributed by atoms with E-state index in [4.69, 9.17) is 4.74 Å². The number of likely N-dealkylation sites (tertiary alicyclic amines) is 1. The Labute approximate surface area is 234 Å². The molecule has 0 bridgehead atoms. The molecule has 2 heterocycles. The maximum absolute atomic E-state index is 13.6. The first kappa shape index (κ1) is 30.9. The maximum atomic E-state index is 13.6. The van der Waals surface area contributed by atoms with Gasteiger partial charge in [0, 0.05) is 58.0 Å². The fraction of sp³-hybridized carbons (Fsp3) is 0.700. The van der Waals surface area contributed by atoms with Crippen molar-refractivity contribution in [1.82, 2.24) is 19.6 Å². The Bertz CT molecular complexity index is 984. The lowest BCUT2D eigenvalue weighted by molar-refractivity contribution is -0.144. The summed E-state index contributed by atoms with van der Waals surface area (Å²) in [7, 11) is 4.07. The van der Waals surface area contributed by atoms with Crippen molar-refractivity contribution in [3.63, 3.8) is 0 Å². The summed E-state index contributed by atoms with van der Waals surface area (Å²) in [5.41, 5.74) is 2.10. The molecule has 39 heavy (non-hydrogen) atoms. The zero-order valence-corrected chi connectivity index (χ0v) is 24.5. The fourth-order valence-corrected chi connectivity index (χ4v) is 6.02. The van der Waals surface area contributed by atoms with Crippen LogP contribution < -0.4 is 4.74 Å². The van der Waals surface area contributed by atoms with E-state index < -0.39 is 11.9 Å². The van der Waals surface area contributed by atoms with Gasteiger partial charge in [0.1, 0.15) is 5.75 Å². The number of rotatable bonds is 15. The van der Waals surface area contributed by atoms with E-state index in [1.807, 2.05) is 38.1 Å². The summed E-state index contributed by atoms with van der Waals surface area (Å²) in [5, 5.41) is 10.5. The van der Waals surface area contributed by atoms with E-state index in [0.29, 0.717) is 45.8 Å². The Morgan fingerprint density at radius 2 is 1.79 bits per heavy atom. The van der Waals surface area contributed by atoms with E-state index in [0.717, 1.165) is 49.1 Å². The second kappa shape index (κ2) is 14.7. The average Bonchev–Trinajstić information content (AvgIpc) is 3.50. The SMILES string of the molecule is CCCCN(CCCN(C)C)C(=O)CN1C[C@H](c2ccc3c(c2)CCO3)[C@@H](C(=O)O)[C@@H]1CCN(CC)C(C)=O. The van der Waals surface area contributed by atoms with Crippen LogP contribution in [0.4, 0.5) is 0 Å². The molecule has 1 fully saturated rings. The van der Waals surface area contributed by atoms with Crippen molar-refractivity contribution in [3.8, 4) is 5.75 Å². The van der Waals surface area contributed by atoms with Crippen LogP contribution in [0.1, 0.15) is 63.5 Å². The fourth-order valence-electron chi connectivity index (χ4n) is 6.02. The largest absolute Gasteiger partial charge is 0.493 e. The standard InChI is InChI=1S/C30H48N4O5/c1-6-8-15-33(16-9-14-31(4)5)28(36)21-34-20-25(23-10-11-27-24(19-23)13-18-39-27)29(30(37)38)26(34)12-17-32(7-2)22(3)35/h10-11,19,25-26,29H,6-9,12-18,20-21H2,1-5H3,(H,37,38)/t25-,26+,29-/m1/s1. The molecule has 9 nitrogen and oxygen atoms in total. The van der Waals surface area contributed by atoms with Crippen LogP contribution in [-0.2, 0) is 20.8 Å². The van der Waals surface area contributed by atoms with Crippen LogP contribution >= 0.6 is 0 Å². The average molecular weight is 545 g/mol. The van der Waals surface area contributed by atoms with Gasteiger partial charge in [-0.1, -0.05) is 25.5 Å². The Hall–Kier alpha value is -2.65. The number of amides is 2. The van der Waals surface area contributed by atoms with Gasteiger partial charge in [0.25, 0.3) is 0 Å². The van der Waals surface area contributed by atoms with E-state index in [-0.39, 0.29) is 30.3 Å². The first-order chi connectivity index (χ1) is 18.7. The third kappa shape index (κ3) is 8.18. The van der Waals surface area contributed by atoms with Crippen molar-refractivity contribution in [2.24, 2.45) is 5.92 Å². The molecular weight excluding hydrogens is 496 g/mol. The summed E-state index contributed by atoms with van der Waals surface area (Å²) in [4.78, 5) is 46.4. The Balaban J connectivity index is 1.86. The smallest absolute Gasteiger partial charge is 0.308 e. The molecule has 0 unspecified atom stereocenters. The van der Waals surface area contributed by atoms with Crippen molar-refractivity contribution in [3.05, 3.63) is 29.3 Å². The van der Waals surface area contributed by atoms with Gasteiger partial charge in [-0.25, -0.2) is 0 Å². The van der Waals surface area contributed by atoms with Crippen LogP contribution in [-0.4, -0.2) is 115 Å². The zero-order valence-electron chi connectivity index (χ0n) is 24.5. The number of fused-ring (bicyclic) bond motifs is 1. The Morgan fingerprint density at radius 3 is 2.44 bits per heavy atom. The summed E-state index contributed by atoms with van der Waals surface area (Å²) < 4.78 is 5.67. The molecule has 1 saturated heterocycles. The van der Waals surface area contributed by atoms with E-state index in [2.05, 4.69) is 22.8 Å². The number of ether oxygens (including phenoxy) is 1. The number of hydrogen-bond donors (Lipinski definition) is 1. The first-order valence-corrected chi connectivity index (χ1v) is 14.6. The highest BCUT2D eigenvalue weighted by Gasteiger charge is 2.47. The van der Waals surface area contributed by atoms with Crippen LogP contribution in [0.3, 0.4) is 0 Å². The van der Waals surface area contributed by atoms with Crippen molar-refractivity contribution in [1.29, 1.82) is 0 Å². The lowest BCUT2D eigenvalue weighted by Crippen LogP contribution is -2.46. The molecule has 2 amide bonds. The second-order valence-electron chi connectivity index (χ2n) is 11.2. The molecule has 218 valence electrons. The van der Waals surface area contributed by atoms with Gasteiger partial charge < -0.3 is 24.5 Å². The third-order valence-corrected chi connectivity index (χ3v) is 8.20. The molecule has 2 aliphatic heterocycles. The van der Waals surface area contributed by atoms with Crippen molar-refractivity contribution in [2.75, 3.05) is 66.5 Å². The van der Waals surface area contributed by atoms with Crippen LogP contribution in [0.5, 0.6) is 5.75 Å². The number of unbranched alkanes of at least 4 members (excludes halogenated alkanes) is 1. The summed E-state index contributed by atoms with van der Waals surface area (Å²) in [6.07, 6.45) is 4.18. The molecule has 0 saturated carbocycles. The van der Waals surface area contributed by atoms with Gasteiger partial charge in [-0.05, 0) is 64.0 Å². The van der Waals surface area contributed by atoms with E-state index in [1.54, 1.807) is 11.8 Å². The number of aliphatic carboxylic acids is 1. The van der Waals surface area contributed by atoms with Crippen LogP contribution in [0, 0.1) is 5.92 Å². The number of nitrogens with zero attached hydrogens (tertiary/aromatic N) is 4. The van der Waals surface area contributed by atoms with Gasteiger partial charge in [-0.3, -0.25) is 19.3 Å².